The molecule has 0 saturated heterocycles. The van der Waals surface area contributed by atoms with Crippen molar-refractivity contribution in [1.82, 2.24) is 4.98 Å². The zero-order valence-electron chi connectivity index (χ0n) is 7.47. The number of fused-ring (bicyclic) bond motifs is 1. The molecule has 4 nitrogen and oxygen atoms in total. The minimum Gasteiger partial charge on any atom is -0.418 e. The molecule has 2 rings (SSSR count). The largest absolute Gasteiger partial charge is 0.418 e. The van der Waals surface area contributed by atoms with Crippen molar-refractivity contribution in [3.05, 3.63) is 41.2 Å². The van der Waals surface area contributed by atoms with Crippen LogP contribution in [0.4, 0.5) is 0 Å². The first-order chi connectivity index (χ1) is 6.75. The molecular weight excluding hydrogens is 180 g/mol. The van der Waals surface area contributed by atoms with Crippen molar-refractivity contribution in [2.45, 2.75) is 6.42 Å². The second kappa shape index (κ2) is 3.41. The Bertz CT molecular complexity index is 437. The summed E-state index contributed by atoms with van der Waals surface area (Å²) in [5, 5.41) is 19.7. The van der Waals surface area contributed by atoms with Crippen molar-refractivity contribution in [1.29, 1.82) is 0 Å². The number of benzene rings is 1. The van der Waals surface area contributed by atoms with Crippen LogP contribution in [0.15, 0.2) is 30.3 Å². The van der Waals surface area contributed by atoms with Crippen LogP contribution in [0, 0.1) is 5.21 Å². The molecule has 0 saturated carbocycles. The van der Waals surface area contributed by atoms with Crippen LogP contribution < -0.4 is 0 Å². The maximum absolute atomic E-state index is 10.2. The first-order valence-electron chi connectivity index (χ1n) is 4.31. The van der Waals surface area contributed by atoms with Gasteiger partial charge >= 0.3 is 0 Å². The zero-order valence-corrected chi connectivity index (χ0v) is 7.47. The Labute approximate surface area is 80.7 Å². The van der Waals surface area contributed by atoms with Crippen LogP contribution in [0.5, 0.6) is 0 Å². The van der Waals surface area contributed by atoms with Crippen LogP contribution in [0.25, 0.3) is 10.9 Å². The van der Waals surface area contributed by atoms with E-state index in [1.165, 1.54) is 0 Å². The molecule has 1 aromatic heterocycles. The van der Waals surface area contributed by atoms with Crippen LogP contribution in [0.1, 0.15) is 5.69 Å². The van der Waals surface area contributed by atoms with Crippen LogP contribution in [-0.4, -0.2) is 21.3 Å². The van der Waals surface area contributed by atoms with Crippen molar-refractivity contribution < 1.29 is 10.1 Å². The molecule has 0 atom stereocenters. The molecule has 72 valence electrons. The highest BCUT2D eigenvalue weighted by atomic mass is 16.8. The second-order valence-electron chi connectivity index (χ2n) is 3.07. The van der Waals surface area contributed by atoms with Crippen molar-refractivity contribution >= 4 is 17.1 Å². The maximum Gasteiger partial charge on any atom is 0.215 e. The van der Waals surface area contributed by atoms with Crippen LogP contribution in [0.3, 0.4) is 0 Å². The molecule has 0 unspecified atom stereocenters. The standard InChI is InChI=1S/C10H10N2O2/c13-12(14)6-5-9-7-8-3-1-2-4-10(8)11-9/h1-4,6-7,11H,5H2,(H,13,14). The smallest absolute Gasteiger partial charge is 0.215 e. The van der Waals surface area contributed by atoms with Gasteiger partial charge in [0.1, 0.15) is 0 Å². The predicted molar refractivity (Wildman–Crippen MR) is 53.5 cm³/mol. The number of aromatic nitrogens is 1. The van der Waals surface area contributed by atoms with Gasteiger partial charge in [-0.1, -0.05) is 18.2 Å². The summed E-state index contributed by atoms with van der Waals surface area (Å²) in [5.74, 6) is 0. The third-order valence-corrected chi connectivity index (χ3v) is 2.05. The third-order valence-electron chi connectivity index (χ3n) is 2.05. The minimum absolute atomic E-state index is 0.175. The monoisotopic (exact) mass is 190 g/mol. The fourth-order valence-corrected chi connectivity index (χ4v) is 1.42. The Morgan fingerprint density at radius 3 is 2.93 bits per heavy atom. The summed E-state index contributed by atoms with van der Waals surface area (Å²) in [6.07, 6.45) is 1.55. The number of H-pyrrole nitrogens is 1. The molecule has 0 fully saturated rings. The first-order valence-corrected chi connectivity index (χ1v) is 4.31. The van der Waals surface area contributed by atoms with Gasteiger partial charge in [0, 0.05) is 16.1 Å². The fraction of sp³-hybridized carbons (Fsp3) is 0.100. The van der Waals surface area contributed by atoms with Gasteiger partial charge in [0.15, 0.2) is 0 Å². The topological polar surface area (TPSA) is 62.1 Å². The Morgan fingerprint density at radius 2 is 2.21 bits per heavy atom. The van der Waals surface area contributed by atoms with Gasteiger partial charge < -0.3 is 10.2 Å². The fourth-order valence-electron chi connectivity index (χ4n) is 1.42. The lowest BCUT2D eigenvalue weighted by atomic mass is 10.2. The molecule has 0 spiro atoms. The second-order valence-corrected chi connectivity index (χ2v) is 3.07. The van der Waals surface area contributed by atoms with Crippen molar-refractivity contribution in [3.63, 3.8) is 0 Å². The van der Waals surface area contributed by atoms with Crippen LogP contribution >= 0.6 is 0 Å². The van der Waals surface area contributed by atoms with E-state index >= 15 is 0 Å². The van der Waals surface area contributed by atoms with E-state index in [1.54, 1.807) is 0 Å². The Kier molecular flexibility index (Phi) is 2.10. The molecular formula is C10H10N2O2. The zero-order chi connectivity index (χ0) is 9.97. The molecule has 0 bridgehead atoms. The lowest BCUT2D eigenvalue weighted by Crippen LogP contribution is -1.99. The molecule has 1 aromatic carbocycles. The van der Waals surface area contributed by atoms with Gasteiger partial charge in [-0.15, -0.1) is 0 Å². The molecule has 0 radical (unpaired) electrons. The molecule has 4 heteroatoms. The summed E-state index contributed by atoms with van der Waals surface area (Å²) in [6.45, 7) is 0. The highest BCUT2D eigenvalue weighted by Gasteiger charge is 1.99. The van der Waals surface area contributed by atoms with Gasteiger partial charge in [-0.2, -0.15) is 0 Å². The average molecular weight is 190 g/mol. The molecule has 0 aliphatic carbocycles. The van der Waals surface area contributed by atoms with E-state index in [2.05, 4.69) is 4.98 Å². The molecule has 14 heavy (non-hydrogen) atoms. The van der Waals surface area contributed by atoms with Crippen molar-refractivity contribution in [2.24, 2.45) is 0 Å². The number of para-hydroxylation sites is 1. The van der Waals surface area contributed by atoms with E-state index in [4.69, 9.17) is 5.21 Å². The summed E-state index contributed by atoms with van der Waals surface area (Å²) in [4.78, 5) is 2.97. The first kappa shape index (κ1) is 8.62. The number of hydrogen-bond acceptors (Lipinski definition) is 2. The Balaban J connectivity index is 2.31. The summed E-state index contributed by atoms with van der Waals surface area (Å²) >= 11 is 0. The van der Waals surface area contributed by atoms with Crippen LogP contribution in [0.2, 0.25) is 0 Å². The highest BCUT2D eigenvalue weighted by molar-refractivity contribution is 5.81. The maximum atomic E-state index is 10.2. The molecule has 0 aliphatic rings. The number of hydrogen-bond donors (Lipinski definition) is 2. The van der Waals surface area contributed by atoms with E-state index in [0.29, 0.717) is 6.42 Å². The third kappa shape index (κ3) is 1.69. The molecule has 2 N–H and O–H groups in total. The lowest BCUT2D eigenvalue weighted by Gasteiger charge is -1.87. The lowest BCUT2D eigenvalue weighted by molar-refractivity contribution is -0.723. The number of rotatable bonds is 2. The van der Waals surface area contributed by atoms with E-state index in [9.17, 15) is 5.21 Å². The van der Waals surface area contributed by atoms with Gasteiger partial charge in [0.2, 0.25) is 6.21 Å². The van der Waals surface area contributed by atoms with E-state index < -0.39 is 0 Å². The normalized spacial score (nSPS) is 12.1. The van der Waals surface area contributed by atoms with E-state index in [0.717, 1.165) is 22.8 Å². The van der Waals surface area contributed by atoms with E-state index in [-0.39, 0.29) is 4.90 Å². The van der Waals surface area contributed by atoms with E-state index in [1.807, 2.05) is 30.3 Å². The van der Waals surface area contributed by atoms with Gasteiger partial charge in [0.05, 0.1) is 6.42 Å². The van der Waals surface area contributed by atoms with Crippen LogP contribution in [-0.2, 0) is 6.42 Å². The van der Waals surface area contributed by atoms with Crippen molar-refractivity contribution in [3.8, 4) is 0 Å². The average Bonchev–Trinajstić information content (AvgIpc) is 2.57. The molecule has 0 aliphatic heterocycles. The van der Waals surface area contributed by atoms with Gasteiger partial charge in [-0.25, -0.2) is 0 Å². The Morgan fingerprint density at radius 1 is 1.43 bits per heavy atom. The van der Waals surface area contributed by atoms with Gasteiger partial charge in [-0.05, 0) is 17.5 Å². The number of aromatic amines is 1. The molecule has 1 heterocycles. The summed E-state index contributed by atoms with van der Waals surface area (Å²) in [7, 11) is 0. The SMILES string of the molecule is [O-][N+](O)=CCc1cc2ccccc2[nH]1. The number of nitrogens with one attached hydrogen (secondary N) is 1. The van der Waals surface area contributed by atoms with Gasteiger partial charge in [0.25, 0.3) is 0 Å². The quantitative estimate of drug-likeness (QED) is 0.327. The summed E-state index contributed by atoms with van der Waals surface area (Å²) in [6, 6.07) is 9.80. The van der Waals surface area contributed by atoms with Gasteiger partial charge in [-0.3, -0.25) is 5.21 Å². The Hall–Kier alpha value is -1.97. The summed E-state index contributed by atoms with van der Waals surface area (Å²) in [5.41, 5.74) is 1.94. The van der Waals surface area contributed by atoms with Crippen molar-refractivity contribution in [2.75, 3.05) is 0 Å². The molecule has 2 aromatic rings. The predicted octanol–water partition coefficient (Wildman–Crippen LogP) is 1.68. The minimum atomic E-state index is -0.175. The highest BCUT2D eigenvalue weighted by Crippen LogP contribution is 2.14. The number of nitrogens with zero attached hydrogens (tertiary/aromatic N) is 1. The molecule has 0 amide bonds. The summed E-state index contributed by atoms with van der Waals surface area (Å²) < 4.78 is 0.